The molecule has 0 aromatic carbocycles. The number of carbonyl (C=O) groups is 1. The van der Waals surface area contributed by atoms with Crippen molar-refractivity contribution in [1.82, 2.24) is 14.5 Å². The average molecular weight is 251 g/mol. The summed E-state index contributed by atoms with van der Waals surface area (Å²) in [4.78, 5) is 18.0. The lowest BCUT2D eigenvalue weighted by atomic mass is 9.93. The van der Waals surface area contributed by atoms with Crippen LogP contribution in [-0.4, -0.2) is 44.2 Å². The van der Waals surface area contributed by atoms with Crippen molar-refractivity contribution in [2.75, 3.05) is 13.1 Å². The predicted molar refractivity (Wildman–Crippen MR) is 68.4 cm³/mol. The highest BCUT2D eigenvalue weighted by atomic mass is 16.4. The van der Waals surface area contributed by atoms with Crippen LogP contribution in [0.2, 0.25) is 0 Å². The topological polar surface area (TPSA) is 58.4 Å². The third kappa shape index (κ3) is 2.41. The molecule has 0 aliphatic carbocycles. The fourth-order valence-corrected chi connectivity index (χ4v) is 2.53. The second-order valence-corrected chi connectivity index (χ2v) is 6.09. The normalized spacial score (nSPS) is 25.6. The van der Waals surface area contributed by atoms with E-state index in [1.807, 2.05) is 17.8 Å². The Morgan fingerprint density at radius 1 is 1.44 bits per heavy atom. The van der Waals surface area contributed by atoms with Crippen molar-refractivity contribution in [3.8, 4) is 0 Å². The molecular weight excluding hydrogens is 230 g/mol. The lowest BCUT2D eigenvalue weighted by Gasteiger charge is -2.31. The number of likely N-dealkylation sites (tertiary alicyclic amines) is 1. The number of aryl methyl sites for hydroxylation is 1. The molecule has 2 heterocycles. The molecule has 0 bridgehead atoms. The van der Waals surface area contributed by atoms with E-state index in [0.29, 0.717) is 6.54 Å². The van der Waals surface area contributed by atoms with E-state index in [1.165, 1.54) is 0 Å². The first-order valence-corrected chi connectivity index (χ1v) is 6.25. The van der Waals surface area contributed by atoms with Gasteiger partial charge in [-0.2, -0.15) is 0 Å². The van der Waals surface area contributed by atoms with E-state index in [4.69, 9.17) is 0 Å². The summed E-state index contributed by atoms with van der Waals surface area (Å²) in [6, 6.07) is 0. The number of aromatic nitrogens is 2. The van der Waals surface area contributed by atoms with Crippen molar-refractivity contribution in [2.24, 2.45) is 13.0 Å². The lowest BCUT2D eigenvalue weighted by molar-refractivity contribution is -0.141. The number of rotatable bonds is 2. The summed E-state index contributed by atoms with van der Waals surface area (Å²) in [5.74, 6) is -1.10. The van der Waals surface area contributed by atoms with Crippen LogP contribution < -0.4 is 0 Å². The minimum Gasteiger partial charge on any atom is -0.481 e. The lowest BCUT2D eigenvalue weighted by Crippen LogP contribution is -2.40. The van der Waals surface area contributed by atoms with Gasteiger partial charge in [-0.3, -0.25) is 9.69 Å². The highest BCUT2D eigenvalue weighted by Gasteiger charge is 2.42. The number of nitrogens with zero attached hydrogens (tertiary/aromatic N) is 3. The van der Waals surface area contributed by atoms with Crippen molar-refractivity contribution in [3.05, 3.63) is 18.2 Å². The maximum atomic E-state index is 11.4. The van der Waals surface area contributed by atoms with E-state index < -0.39 is 5.97 Å². The summed E-state index contributed by atoms with van der Waals surface area (Å²) in [7, 11) is 1.91. The van der Waals surface area contributed by atoms with Crippen LogP contribution in [0, 0.1) is 5.92 Å². The molecule has 1 aromatic rings. The molecule has 2 rings (SSSR count). The van der Waals surface area contributed by atoms with E-state index in [1.54, 1.807) is 6.33 Å². The summed E-state index contributed by atoms with van der Waals surface area (Å²) in [5.41, 5.74) is 0.883. The number of imidazole rings is 1. The second kappa shape index (κ2) is 4.39. The highest BCUT2D eigenvalue weighted by Crippen LogP contribution is 2.35. The van der Waals surface area contributed by atoms with E-state index in [0.717, 1.165) is 12.2 Å². The van der Waals surface area contributed by atoms with Crippen LogP contribution in [0.3, 0.4) is 0 Å². The summed E-state index contributed by atoms with van der Waals surface area (Å²) >= 11 is 0. The van der Waals surface area contributed by atoms with E-state index in [9.17, 15) is 9.90 Å². The first kappa shape index (κ1) is 13.1. The number of hydrogen-bond donors (Lipinski definition) is 1. The fraction of sp³-hybridized carbons (Fsp3) is 0.692. The van der Waals surface area contributed by atoms with Gasteiger partial charge in [0.2, 0.25) is 0 Å². The number of hydrogen-bond acceptors (Lipinski definition) is 3. The van der Waals surface area contributed by atoms with Crippen LogP contribution in [0.15, 0.2) is 12.5 Å². The Balaban J connectivity index is 2.25. The molecule has 1 N–H and O–H groups in total. The van der Waals surface area contributed by atoms with Crippen LogP contribution in [-0.2, 0) is 11.8 Å². The van der Waals surface area contributed by atoms with Crippen molar-refractivity contribution in [1.29, 1.82) is 0 Å². The Morgan fingerprint density at radius 2 is 2.11 bits per heavy atom. The first-order chi connectivity index (χ1) is 8.29. The van der Waals surface area contributed by atoms with Gasteiger partial charge in [0, 0.05) is 37.8 Å². The maximum absolute atomic E-state index is 11.4. The van der Waals surface area contributed by atoms with Crippen LogP contribution >= 0.6 is 0 Å². The zero-order valence-corrected chi connectivity index (χ0v) is 11.4. The van der Waals surface area contributed by atoms with Crippen molar-refractivity contribution in [2.45, 2.75) is 32.2 Å². The zero-order chi connectivity index (χ0) is 13.5. The van der Waals surface area contributed by atoms with Gasteiger partial charge in [-0.1, -0.05) is 0 Å². The Kier molecular flexibility index (Phi) is 3.19. The van der Waals surface area contributed by atoms with Crippen molar-refractivity contribution in [3.63, 3.8) is 0 Å². The summed E-state index contributed by atoms with van der Waals surface area (Å²) in [5, 5.41) is 9.37. The Hall–Kier alpha value is -1.36. The third-order valence-electron chi connectivity index (χ3n) is 3.69. The minimum absolute atomic E-state index is 0.00275. The van der Waals surface area contributed by atoms with E-state index >= 15 is 0 Å². The van der Waals surface area contributed by atoms with Gasteiger partial charge in [0.15, 0.2) is 0 Å². The molecule has 1 aliphatic heterocycles. The average Bonchev–Trinajstić information content (AvgIpc) is 2.81. The molecule has 2 atom stereocenters. The third-order valence-corrected chi connectivity index (χ3v) is 3.69. The molecule has 0 amide bonds. The minimum atomic E-state index is -0.725. The van der Waals surface area contributed by atoms with Gasteiger partial charge in [-0.15, -0.1) is 0 Å². The number of carboxylic acid groups (broad SMARTS) is 1. The molecule has 0 radical (unpaired) electrons. The molecule has 0 spiro atoms. The van der Waals surface area contributed by atoms with Gasteiger partial charge < -0.3 is 9.67 Å². The number of carboxylic acids is 1. The van der Waals surface area contributed by atoms with Crippen LogP contribution in [0.4, 0.5) is 0 Å². The molecule has 1 aliphatic rings. The molecule has 5 nitrogen and oxygen atoms in total. The van der Waals surface area contributed by atoms with E-state index in [2.05, 4.69) is 30.7 Å². The molecular formula is C13H21N3O2. The maximum Gasteiger partial charge on any atom is 0.308 e. The van der Waals surface area contributed by atoms with Crippen molar-refractivity contribution < 1.29 is 9.90 Å². The Labute approximate surface area is 107 Å². The van der Waals surface area contributed by atoms with Crippen LogP contribution in [0.25, 0.3) is 0 Å². The first-order valence-electron chi connectivity index (χ1n) is 6.25. The van der Waals surface area contributed by atoms with Crippen LogP contribution in [0.1, 0.15) is 32.4 Å². The SMILES string of the molecule is Cn1cnc([C@@H]2CN(C(C)(C)C)C[C@H]2C(=O)O)c1. The van der Waals surface area contributed by atoms with Gasteiger partial charge in [0.05, 0.1) is 17.9 Å². The Bertz CT molecular complexity index is 447. The summed E-state index contributed by atoms with van der Waals surface area (Å²) in [6.07, 6.45) is 3.65. The summed E-state index contributed by atoms with van der Waals surface area (Å²) in [6.45, 7) is 7.71. The van der Waals surface area contributed by atoms with Gasteiger partial charge in [0.25, 0.3) is 0 Å². The summed E-state index contributed by atoms with van der Waals surface area (Å²) < 4.78 is 1.87. The molecule has 5 heteroatoms. The van der Waals surface area contributed by atoms with E-state index in [-0.39, 0.29) is 17.4 Å². The highest BCUT2D eigenvalue weighted by molar-refractivity contribution is 5.72. The molecule has 0 unspecified atom stereocenters. The molecule has 100 valence electrons. The zero-order valence-electron chi connectivity index (χ0n) is 11.4. The number of aliphatic carboxylic acids is 1. The quantitative estimate of drug-likeness (QED) is 0.861. The fourth-order valence-electron chi connectivity index (χ4n) is 2.53. The second-order valence-electron chi connectivity index (χ2n) is 6.09. The molecule has 0 saturated carbocycles. The monoisotopic (exact) mass is 251 g/mol. The molecule has 18 heavy (non-hydrogen) atoms. The van der Waals surface area contributed by atoms with Gasteiger partial charge in [-0.25, -0.2) is 4.98 Å². The standard InChI is InChI=1S/C13H21N3O2/c1-13(2,3)16-5-9(10(6-16)12(17)18)11-7-15(4)8-14-11/h7-10H,5-6H2,1-4H3,(H,17,18)/t9-,10-/m1/s1. The van der Waals surface area contributed by atoms with Gasteiger partial charge in [0.1, 0.15) is 0 Å². The molecule has 1 saturated heterocycles. The van der Waals surface area contributed by atoms with Crippen molar-refractivity contribution >= 4 is 5.97 Å². The largest absolute Gasteiger partial charge is 0.481 e. The van der Waals surface area contributed by atoms with Gasteiger partial charge in [-0.05, 0) is 20.8 Å². The van der Waals surface area contributed by atoms with Crippen LogP contribution in [0.5, 0.6) is 0 Å². The van der Waals surface area contributed by atoms with Gasteiger partial charge >= 0.3 is 5.97 Å². The smallest absolute Gasteiger partial charge is 0.308 e. The Morgan fingerprint density at radius 3 is 2.56 bits per heavy atom. The molecule has 1 aromatic heterocycles. The molecule has 1 fully saturated rings. The predicted octanol–water partition coefficient (Wildman–Crippen LogP) is 1.32.